The highest BCUT2D eigenvalue weighted by Gasteiger charge is 2.25. The maximum atomic E-state index is 11.5. The van der Waals surface area contributed by atoms with Crippen molar-refractivity contribution < 1.29 is 19.8 Å². The van der Waals surface area contributed by atoms with Gasteiger partial charge in [0.05, 0.1) is 18.1 Å². The molecule has 0 saturated carbocycles. The molecule has 1 amide bonds. The Balaban J connectivity index is 4.01. The Morgan fingerprint density at radius 3 is 2.59 bits per heavy atom. The Kier molecular flexibility index (Phi) is 7.17. The second kappa shape index (κ2) is 7.52. The summed E-state index contributed by atoms with van der Waals surface area (Å²) < 4.78 is 0. The van der Waals surface area contributed by atoms with E-state index < -0.39 is 24.0 Å². The van der Waals surface area contributed by atoms with Crippen LogP contribution in [0.1, 0.15) is 19.8 Å². The van der Waals surface area contributed by atoms with Crippen LogP contribution in [0, 0.1) is 0 Å². The van der Waals surface area contributed by atoms with Crippen molar-refractivity contribution in [3.05, 3.63) is 0 Å². The first kappa shape index (κ1) is 16.2. The molecule has 7 heteroatoms. The van der Waals surface area contributed by atoms with E-state index in [2.05, 4.69) is 5.32 Å². The Morgan fingerprint density at radius 1 is 1.53 bits per heavy atom. The second-order valence-corrected chi connectivity index (χ2v) is 5.16. The predicted molar refractivity (Wildman–Crippen MR) is 66.9 cm³/mol. The minimum Gasteiger partial charge on any atom is -0.481 e. The van der Waals surface area contributed by atoms with E-state index in [-0.39, 0.29) is 12.5 Å². The summed E-state index contributed by atoms with van der Waals surface area (Å²) in [5, 5.41) is 20.6. The highest BCUT2D eigenvalue weighted by molar-refractivity contribution is 7.98. The summed E-state index contributed by atoms with van der Waals surface area (Å²) in [4.78, 5) is 21.9. The SMILES string of the molecule is CSCC[C@H](N)C(=O)NCC(C)(O)CC(=O)O. The molecule has 17 heavy (non-hydrogen) atoms. The molecule has 5 N–H and O–H groups in total. The number of aliphatic hydroxyl groups is 1. The standard InChI is InChI=1S/C10H20N2O4S/c1-10(16,5-8(13)14)6-12-9(15)7(11)3-4-17-2/h7,16H,3-6,11H2,1-2H3,(H,12,15)(H,13,14)/t7-,10?/m0/s1. The third-order valence-corrected chi connectivity index (χ3v) is 2.79. The molecule has 0 aliphatic heterocycles. The zero-order valence-corrected chi connectivity index (χ0v) is 10.9. The van der Waals surface area contributed by atoms with E-state index in [1.54, 1.807) is 11.8 Å². The Hall–Kier alpha value is -0.790. The lowest BCUT2D eigenvalue weighted by Gasteiger charge is -2.22. The van der Waals surface area contributed by atoms with Gasteiger partial charge in [0.25, 0.3) is 0 Å². The maximum absolute atomic E-state index is 11.5. The van der Waals surface area contributed by atoms with Gasteiger partial charge < -0.3 is 21.3 Å². The number of nitrogens with one attached hydrogen (secondary N) is 1. The topological polar surface area (TPSA) is 113 Å². The van der Waals surface area contributed by atoms with Crippen LogP contribution in [0.5, 0.6) is 0 Å². The molecule has 0 rings (SSSR count). The minimum absolute atomic E-state index is 0.120. The van der Waals surface area contributed by atoms with Crippen LogP contribution in [0.2, 0.25) is 0 Å². The molecule has 6 nitrogen and oxygen atoms in total. The fourth-order valence-corrected chi connectivity index (χ4v) is 1.66. The average molecular weight is 264 g/mol. The smallest absolute Gasteiger partial charge is 0.306 e. The first-order valence-corrected chi connectivity index (χ1v) is 6.64. The van der Waals surface area contributed by atoms with Crippen LogP contribution in [-0.2, 0) is 9.59 Å². The highest BCUT2D eigenvalue weighted by atomic mass is 32.2. The molecule has 0 aromatic rings. The lowest BCUT2D eigenvalue weighted by atomic mass is 10.0. The molecule has 0 aromatic heterocycles. The van der Waals surface area contributed by atoms with Gasteiger partial charge in [0.1, 0.15) is 0 Å². The van der Waals surface area contributed by atoms with E-state index in [9.17, 15) is 14.7 Å². The lowest BCUT2D eigenvalue weighted by Crippen LogP contribution is -2.47. The van der Waals surface area contributed by atoms with E-state index in [4.69, 9.17) is 10.8 Å². The normalized spacial score (nSPS) is 16.0. The summed E-state index contributed by atoms with van der Waals surface area (Å²) in [6, 6.07) is -0.622. The number of nitrogens with two attached hydrogens (primary N) is 1. The van der Waals surface area contributed by atoms with Crippen molar-refractivity contribution in [3.63, 3.8) is 0 Å². The average Bonchev–Trinajstić information content (AvgIpc) is 2.20. The summed E-state index contributed by atoms with van der Waals surface area (Å²) in [5.41, 5.74) is 4.15. The quantitative estimate of drug-likeness (QED) is 0.466. The van der Waals surface area contributed by atoms with Crippen molar-refractivity contribution in [2.75, 3.05) is 18.6 Å². The molecule has 2 atom stereocenters. The summed E-state index contributed by atoms with van der Waals surface area (Å²) in [7, 11) is 0. The highest BCUT2D eigenvalue weighted by Crippen LogP contribution is 2.07. The number of carboxylic acids is 1. The third-order valence-electron chi connectivity index (χ3n) is 2.15. The number of hydrogen-bond donors (Lipinski definition) is 4. The van der Waals surface area contributed by atoms with Gasteiger partial charge in [0.15, 0.2) is 0 Å². The Morgan fingerprint density at radius 2 is 2.12 bits per heavy atom. The van der Waals surface area contributed by atoms with Crippen LogP contribution in [0.15, 0.2) is 0 Å². The van der Waals surface area contributed by atoms with Gasteiger partial charge in [-0.3, -0.25) is 9.59 Å². The number of carboxylic acid groups (broad SMARTS) is 1. The van der Waals surface area contributed by atoms with Crippen LogP contribution in [0.4, 0.5) is 0 Å². The summed E-state index contributed by atoms with van der Waals surface area (Å²) >= 11 is 1.59. The van der Waals surface area contributed by atoms with Crippen molar-refractivity contribution in [1.82, 2.24) is 5.32 Å². The van der Waals surface area contributed by atoms with Gasteiger partial charge in [-0.2, -0.15) is 11.8 Å². The fourth-order valence-electron chi connectivity index (χ4n) is 1.17. The second-order valence-electron chi connectivity index (χ2n) is 4.17. The van der Waals surface area contributed by atoms with E-state index in [0.29, 0.717) is 6.42 Å². The Labute approximate surface area is 105 Å². The number of rotatable bonds is 8. The van der Waals surface area contributed by atoms with Gasteiger partial charge >= 0.3 is 5.97 Å². The predicted octanol–water partition coefficient (Wildman–Crippen LogP) is -0.591. The molecule has 0 aliphatic rings. The number of carbonyl (C=O) groups excluding carboxylic acids is 1. The molecular weight excluding hydrogens is 244 g/mol. The van der Waals surface area contributed by atoms with Gasteiger partial charge in [-0.1, -0.05) is 0 Å². The number of amides is 1. The van der Waals surface area contributed by atoms with E-state index in [1.165, 1.54) is 6.92 Å². The molecule has 100 valence electrons. The summed E-state index contributed by atoms with van der Waals surface area (Å²) in [6.45, 7) is 1.24. The monoisotopic (exact) mass is 264 g/mol. The molecule has 0 bridgehead atoms. The summed E-state index contributed by atoms with van der Waals surface area (Å²) in [5.74, 6) is -0.708. The molecule has 0 aromatic carbocycles. The minimum atomic E-state index is -1.46. The van der Waals surface area contributed by atoms with Crippen LogP contribution < -0.4 is 11.1 Å². The van der Waals surface area contributed by atoms with E-state index in [1.807, 2.05) is 6.26 Å². The maximum Gasteiger partial charge on any atom is 0.306 e. The van der Waals surface area contributed by atoms with Gasteiger partial charge in [-0.15, -0.1) is 0 Å². The number of hydrogen-bond acceptors (Lipinski definition) is 5. The zero-order valence-electron chi connectivity index (χ0n) is 10.1. The van der Waals surface area contributed by atoms with Crippen LogP contribution in [0.3, 0.4) is 0 Å². The molecule has 0 fully saturated rings. The van der Waals surface area contributed by atoms with Crippen LogP contribution in [0.25, 0.3) is 0 Å². The van der Waals surface area contributed by atoms with Crippen LogP contribution in [-0.4, -0.2) is 52.3 Å². The van der Waals surface area contributed by atoms with Gasteiger partial charge in [-0.25, -0.2) is 0 Å². The first-order chi connectivity index (χ1) is 7.78. The molecule has 0 radical (unpaired) electrons. The van der Waals surface area contributed by atoms with E-state index >= 15 is 0 Å². The molecule has 0 aliphatic carbocycles. The molecular formula is C10H20N2O4S. The van der Waals surface area contributed by atoms with Gasteiger partial charge in [0, 0.05) is 6.54 Å². The van der Waals surface area contributed by atoms with Crippen molar-refractivity contribution in [2.45, 2.75) is 31.4 Å². The molecule has 0 heterocycles. The summed E-state index contributed by atoms with van der Waals surface area (Å²) in [6.07, 6.45) is 2.05. The van der Waals surface area contributed by atoms with Crippen molar-refractivity contribution in [2.24, 2.45) is 5.73 Å². The van der Waals surface area contributed by atoms with E-state index in [0.717, 1.165) is 5.75 Å². The third kappa shape index (κ3) is 8.00. The van der Waals surface area contributed by atoms with Crippen LogP contribution >= 0.6 is 11.8 Å². The van der Waals surface area contributed by atoms with Gasteiger partial charge in [-0.05, 0) is 25.4 Å². The molecule has 1 unspecified atom stereocenters. The van der Waals surface area contributed by atoms with Gasteiger partial charge in [0.2, 0.25) is 5.91 Å². The Bertz CT molecular complexity index is 271. The first-order valence-electron chi connectivity index (χ1n) is 5.25. The van der Waals surface area contributed by atoms with Crippen molar-refractivity contribution in [1.29, 1.82) is 0 Å². The number of thioether (sulfide) groups is 1. The van der Waals surface area contributed by atoms with Crippen molar-refractivity contribution >= 4 is 23.6 Å². The lowest BCUT2D eigenvalue weighted by molar-refractivity contribution is -0.142. The zero-order chi connectivity index (χ0) is 13.5. The largest absolute Gasteiger partial charge is 0.481 e. The number of carbonyl (C=O) groups is 2. The number of aliphatic carboxylic acids is 1. The molecule has 0 spiro atoms. The van der Waals surface area contributed by atoms with Crippen molar-refractivity contribution in [3.8, 4) is 0 Å². The molecule has 0 saturated heterocycles. The fraction of sp³-hybridized carbons (Fsp3) is 0.800.